The van der Waals surface area contributed by atoms with Gasteiger partial charge in [0.2, 0.25) is 5.89 Å². The Morgan fingerprint density at radius 1 is 1.33 bits per heavy atom. The highest BCUT2D eigenvalue weighted by Crippen LogP contribution is 2.40. The second kappa shape index (κ2) is 6.85. The molecule has 0 aromatic carbocycles. The van der Waals surface area contributed by atoms with Crippen LogP contribution in [0, 0.1) is 12.8 Å². The van der Waals surface area contributed by atoms with Crippen molar-refractivity contribution in [2.45, 2.75) is 50.5 Å². The highest BCUT2D eigenvalue weighted by atomic mass is 19.3. The lowest BCUT2D eigenvalue weighted by atomic mass is 9.76. The molecular weight excluding hydrogens is 398 g/mol. The van der Waals surface area contributed by atoms with Gasteiger partial charge < -0.3 is 19.5 Å². The van der Waals surface area contributed by atoms with Gasteiger partial charge in [0.05, 0.1) is 25.9 Å². The summed E-state index contributed by atoms with van der Waals surface area (Å²) in [4.78, 5) is 27.1. The molecule has 1 aliphatic heterocycles. The van der Waals surface area contributed by atoms with Gasteiger partial charge in [0.1, 0.15) is 5.54 Å². The van der Waals surface area contributed by atoms with Crippen LogP contribution in [0.4, 0.5) is 14.6 Å². The fraction of sp³-hybridized carbons (Fsp3) is 0.632. The minimum absolute atomic E-state index is 0.0586. The van der Waals surface area contributed by atoms with Crippen molar-refractivity contribution >= 4 is 11.7 Å². The molecule has 1 amide bonds. The van der Waals surface area contributed by atoms with E-state index >= 15 is 0 Å². The van der Waals surface area contributed by atoms with Crippen molar-refractivity contribution in [3.8, 4) is 5.88 Å². The van der Waals surface area contributed by atoms with E-state index in [0.717, 1.165) is 19.3 Å². The first kappa shape index (κ1) is 19.1. The summed E-state index contributed by atoms with van der Waals surface area (Å²) in [6.07, 6.45) is 5.74. The van der Waals surface area contributed by atoms with E-state index in [1.807, 2.05) is 0 Å². The maximum Gasteiger partial charge on any atom is 0.282 e. The predicted octanol–water partition coefficient (Wildman–Crippen LogP) is 2.22. The number of anilines is 1. The molecule has 3 fully saturated rings. The normalized spacial score (nSPS) is 21.5. The molecule has 3 aliphatic rings. The Morgan fingerprint density at radius 2 is 2.10 bits per heavy atom. The lowest BCUT2D eigenvalue weighted by Crippen LogP contribution is -2.56. The van der Waals surface area contributed by atoms with Crippen molar-refractivity contribution in [2.75, 3.05) is 24.6 Å². The first-order valence-corrected chi connectivity index (χ1v) is 10.1. The van der Waals surface area contributed by atoms with Gasteiger partial charge in [0.25, 0.3) is 17.7 Å². The highest BCUT2D eigenvalue weighted by Gasteiger charge is 2.47. The van der Waals surface area contributed by atoms with E-state index in [1.54, 1.807) is 6.92 Å². The number of rotatable bonds is 7. The summed E-state index contributed by atoms with van der Waals surface area (Å²) in [7, 11) is 0. The summed E-state index contributed by atoms with van der Waals surface area (Å²) in [6, 6.07) is 0. The number of aromatic nitrogens is 4. The molecule has 5 rings (SSSR count). The van der Waals surface area contributed by atoms with Crippen LogP contribution in [-0.4, -0.2) is 51.6 Å². The van der Waals surface area contributed by atoms with Crippen molar-refractivity contribution in [1.82, 2.24) is 25.4 Å². The average Bonchev–Trinajstić information content (AvgIpc) is 3.39. The summed E-state index contributed by atoms with van der Waals surface area (Å²) < 4.78 is 37.5. The number of nitrogens with zero attached hydrogens (tertiary/aromatic N) is 5. The van der Waals surface area contributed by atoms with E-state index in [4.69, 9.17) is 9.26 Å². The van der Waals surface area contributed by atoms with Gasteiger partial charge in [-0.15, -0.1) is 0 Å². The summed E-state index contributed by atoms with van der Waals surface area (Å²) in [5.41, 5.74) is -0.632. The summed E-state index contributed by atoms with van der Waals surface area (Å²) in [5.74, 6) is -1.52. The van der Waals surface area contributed by atoms with E-state index < -0.39 is 30.5 Å². The third-order valence-corrected chi connectivity index (χ3v) is 5.77. The van der Waals surface area contributed by atoms with Crippen molar-refractivity contribution in [2.24, 2.45) is 5.92 Å². The zero-order valence-electron chi connectivity index (χ0n) is 16.5. The fourth-order valence-corrected chi connectivity index (χ4v) is 3.64. The molecule has 0 bridgehead atoms. The number of alkyl halides is 2. The van der Waals surface area contributed by atoms with Crippen molar-refractivity contribution in [3.63, 3.8) is 0 Å². The number of carbonyl (C=O) groups is 1. The SMILES string of the molecule is Cc1nc(C2(NC(=O)c3cnc(N4CC(F)(F)C4)c(OCC4CC4)n3)CCC2)no1. The van der Waals surface area contributed by atoms with Crippen LogP contribution in [-0.2, 0) is 5.54 Å². The Morgan fingerprint density at radius 3 is 2.67 bits per heavy atom. The minimum atomic E-state index is -2.75. The van der Waals surface area contributed by atoms with Gasteiger partial charge in [0.15, 0.2) is 17.3 Å². The van der Waals surface area contributed by atoms with Crippen LogP contribution in [0.15, 0.2) is 10.7 Å². The molecule has 11 heteroatoms. The lowest BCUT2D eigenvalue weighted by Gasteiger charge is -2.40. The topological polar surface area (TPSA) is 106 Å². The second-order valence-electron chi connectivity index (χ2n) is 8.38. The monoisotopic (exact) mass is 420 g/mol. The molecule has 2 aromatic rings. The number of carbonyl (C=O) groups excluding carboxylic acids is 1. The minimum Gasteiger partial charge on any atom is -0.475 e. The van der Waals surface area contributed by atoms with Crippen molar-refractivity contribution in [3.05, 3.63) is 23.6 Å². The zero-order valence-corrected chi connectivity index (χ0v) is 16.5. The number of hydrogen-bond donors (Lipinski definition) is 1. The van der Waals surface area contributed by atoms with Gasteiger partial charge in [-0.05, 0) is 38.0 Å². The Kier molecular flexibility index (Phi) is 4.37. The molecular formula is C19H22F2N6O3. The third-order valence-electron chi connectivity index (χ3n) is 5.77. The van der Waals surface area contributed by atoms with E-state index in [0.29, 0.717) is 37.1 Å². The van der Waals surface area contributed by atoms with E-state index in [2.05, 4.69) is 25.4 Å². The first-order valence-electron chi connectivity index (χ1n) is 10.1. The summed E-state index contributed by atoms with van der Waals surface area (Å²) in [5, 5.41) is 6.91. The summed E-state index contributed by atoms with van der Waals surface area (Å²) in [6.45, 7) is 1.25. The molecule has 1 N–H and O–H groups in total. The van der Waals surface area contributed by atoms with Gasteiger partial charge in [-0.2, -0.15) is 4.98 Å². The van der Waals surface area contributed by atoms with E-state index in [9.17, 15) is 13.6 Å². The molecule has 30 heavy (non-hydrogen) atoms. The van der Waals surface area contributed by atoms with Gasteiger partial charge in [-0.1, -0.05) is 5.16 Å². The maximum absolute atomic E-state index is 13.3. The number of amides is 1. The number of hydrogen-bond acceptors (Lipinski definition) is 8. The van der Waals surface area contributed by atoms with Crippen molar-refractivity contribution < 1.29 is 22.8 Å². The Bertz CT molecular complexity index is 965. The highest BCUT2D eigenvalue weighted by molar-refractivity contribution is 5.93. The predicted molar refractivity (Wildman–Crippen MR) is 99.4 cm³/mol. The van der Waals surface area contributed by atoms with E-state index in [1.165, 1.54) is 11.1 Å². The molecule has 3 heterocycles. The van der Waals surface area contributed by atoms with Crippen LogP contribution < -0.4 is 15.0 Å². The van der Waals surface area contributed by atoms with Gasteiger partial charge in [0, 0.05) is 6.92 Å². The number of aryl methyl sites for hydroxylation is 1. The lowest BCUT2D eigenvalue weighted by molar-refractivity contribution is -0.0270. The molecule has 0 atom stereocenters. The fourth-order valence-electron chi connectivity index (χ4n) is 3.64. The molecule has 0 spiro atoms. The van der Waals surface area contributed by atoms with Gasteiger partial charge in [-0.25, -0.2) is 18.7 Å². The Hall–Kier alpha value is -2.85. The van der Waals surface area contributed by atoms with Crippen LogP contribution in [0.3, 0.4) is 0 Å². The third kappa shape index (κ3) is 3.56. The second-order valence-corrected chi connectivity index (χ2v) is 8.38. The smallest absolute Gasteiger partial charge is 0.282 e. The molecule has 2 aromatic heterocycles. The molecule has 1 saturated heterocycles. The van der Waals surface area contributed by atoms with Crippen LogP contribution in [0.5, 0.6) is 5.88 Å². The zero-order chi connectivity index (χ0) is 20.9. The van der Waals surface area contributed by atoms with E-state index in [-0.39, 0.29) is 17.4 Å². The number of halogens is 2. The molecule has 0 unspecified atom stereocenters. The van der Waals surface area contributed by atoms with Crippen LogP contribution in [0.1, 0.15) is 54.3 Å². The average molecular weight is 420 g/mol. The molecule has 9 nitrogen and oxygen atoms in total. The quantitative estimate of drug-likeness (QED) is 0.727. The standard InChI is InChI=1S/C19H22F2N6O3/c1-11-23-17(26-30-11)18(5-2-6-18)25-15(28)13-7-22-14(27-9-19(20,21)10-27)16(24-13)29-8-12-3-4-12/h7,12H,2-6,8-10H2,1H3,(H,25,28). The number of ether oxygens (including phenoxy) is 1. The van der Waals surface area contributed by atoms with Crippen LogP contribution >= 0.6 is 0 Å². The Balaban J connectivity index is 1.36. The van der Waals surface area contributed by atoms with Crippen LogP contribution in [0.25, 0.3) is 0 Å². The molecule has 0 radical (unpaired) electrons. The first-order chi connectivity index (χ1) is 14.3. The maximum atomic E-state index is 13.3. The van der Waals surface area contributed by atoms with Crippen LogP contribution in [0.2, 0.25) is 0 Å². The van der Waals surface area contributed by atoms with Gasteiger partial charge in [-0.3, -0.25) is 4.79 Å². The van der Waals surface area contributed by atoms with Crippen molar-refractivity contribution in [1.29, 1.82) is 0 Å². The largest absolute Gasteiger partial charge is 0.475 e. The molecule has 2 aliphatic carbocycles. The molecule has 160 valence electrons. The molecule has 2 saturated carbocycles. The van der Waals surface area contributed by atoms with Gasteiger partial charge >= 0.3 is 0 Å². The Labute approximate surface area is 171 Å². The summed E-state index contributed by atoms with van der Waals surface area (Å²) >= 11 is 0. The number of nitrogens with one attached hydrogen (secondary N) is 1.